The van der Waals surface area contributed by atoms with Gasteiger partial charge in [-0.2, -0.15) is 11.8 Å². The fourth-order valence-electron chi connectivity index (χ4n) is 5.78. The van der Waals surface area contributed by atoms with Gasteiger partial charge in [0.25, 0.3) is 5.91 Å². The monoisotopic (exact) mass is 634 g/mol. The van der Waals surface area contributed by atoms with Crippen molar-refractivity contribution < 1.29 is 58.5 Å². The second-order valence-electron chi connectivity index (χ2n) is 11.4. The molecule has 0 aromatic heterocycles. The first-order valence-electron chi connectivity index (χ1n) is 15.3. The molecule has 4 rings (SSSR count). The number of thioether (sulfide) groups is 1. The Morgan fingerprint density at radius 1 is 1.07 bits per heavy atom. The van der Waals surface area contributed by atoms with Gasteiger partial charge in [0.15, 0.2) is 0 Å². The standard InChI is InChI=1S/C26H32N2O5S.C8H16O.Na/c1-18-6-3-4-8-21(18)23-14-19(15-33-16-20-7-5-12-28(20)17-29)9-10-22(23)25(30)27-24(26(31)32)11-13-34-2;1-9-7-8-5-3-2-4-6-8;/h3-4,6,8-10,14,17,20,24H,5,7,11-13,15-16H2,1-2H3,(H,27,30)(H,31,32);8H,2-7H2,1H3;/q;;+1/p-1. The maximum absolute atomic E-state index is 13.1. The number of aryl methyl sites for hydroxylation is 1. The molecule has 1 heterocycles. The smallest absolute Gasteiger partial charge is 0.548 e. The molecule has 2 amide bonds. The van der Waals surface area contributed by atoms with E-state index in [-0.39, 0.29) is 35.6 Å². The summed E-state index contributed by atoms with van der Waals surface area (Å²) < 4.78 is 11.0. The van der Waals surface area contributed by atoms with Crippen LogP contribution in [0.4, 0.5) is 0 Å². The van der Waals surface area contributed by atoms with E-state index in [0.717, 1.165) is 55.0 Å². The van der Waals surface area contributed by atoms with Crippen molar-refractivity contribution in [3.05, 3.63) is 59.2 Å². The zero-order valence-electron chi connectivity index (χ0n) is 26.8. The molecule has 10 heteroatoms. The summed E-state index contributed by atoms with van der Waals surface area (Å²) >= 11 is 1.51. The van der Waals surface area contributed by atoms with E-state index in [1.807, 2.05) is 49.6 Å². The third-order valence-electron chi connectivity index (χ3n) is 8.23. The number of methoxy groups -OCH3 is 1. The average molecular weight is 635 g/mol. The normalized spacial score (nSPS) is 17.2. The van der Waals surface area contributed by atoms with Gasteiger partial charge in [0.2, 0.25) is 6.41 Å². The minimum Gasteiger partial charge on any atom is -0.548 e. The molecule has 1 N–H and O–H groups in total. The van der Waals surface area contributed by atoms with Crippen molar-refractivity contribution in [3.8, 4) is 11.1 Å². The third-order valence-corrected chi connectivity index (χ3v) is 8.87. The van der Waals surface area contributed by atoms with Crippen LogP contribution in [0.5, 0.6) is 0 Å². The van der Waals surface area contributed by atoms with Gasteiger partial charge in [-0.1, -0.05) is 49.6 Å². The largest absolute Gasteiger partial charge is 1.00 e. The minimum absolute atomic E-state index is 0. The van der Waals surface area contributed by atoms with Crippen molar-refractivity contribution in [2.75, 3.05) is 38.9 Å². The van der Waals surface area contributed by atoms with E-state index in [1.165, 1.54) is 43.9 Å². The molecular formula is C34H47N2NaO6S. The Hall–Kier alpha value is -1.88. The van der Waals surface area contributed by atoms with Crippen molar-refractivity contribution in [2.24, 2.45) is 5.92 Å². The van der Waals surface area contributed by atoms with Gasteiger partial charge in [-0.25, -0.2) is 0 Å². The number of carboxylic acid groups (broad SMARTS) is 1. The first-order valence-corrected chi connectivity index (χ1v) is 16.7. The van der Waals surface area contributed by atoms with Crippen LogP contribution >= 0.6 is 11.8 Å². The Balaban J connectivity index is 0.000000579. The predicted octanol–water partition coefficient (Wildman–Crippen LogP) is 1.62. The van der Waals surface area contributed by atoms with Crippen LogP contribution in [-0.2, 0) is 25.7 Å². The van der Waals surface area contributed by atoms with Gasteiger partial charge in [-0.3, -0.25) is 9.59 Å². The molecule has 2 atom stereocenters. The molecule has 2 fully saturated rings. The molecule has 0 spiro atoms. The van der Waals surface area contributed by atoms with E-state index in [0.29, 0.717) is 36.5 Å². The molecule has 2 aromatic rings. The summed E-state index contributed by atoms with van der Waals surface area (Å²) in [6.45, 7) is 4.53. The van der Waals surface area contributed by atoms with Gasteiger partial charge in [-0.05, 0) is 91.3 Å². The number of aliphatic carboxylic acids is 1. The summed E-state index contributed by atoms with van der Waals surface area (Å²) in [5.74, 6) is -0.263. The zero-order valence-corrected chi connectivity index (χ0v) is 29.7. The van der Waals surface area contributed by atoms with Crippen molar-refractivity contribution in [1.82, 2.24) is 10.2 Å². The number of carboxylic acids is 1. The number of amides is 2. The molecule has 0 radical (unpaired) electrons. The van der Waals surface area contributed by atoms with E-state index in [9.17, 15) is 19.5 Å². The summed E-state index contributed by atoms with van der Waals surface area (Å²) in [5, 5.41) is 14.2. The van der Waals surface area contributed by atoms with Gasteiger partial charge in [0.05, 0.1) is 31.3 Å². The second kappa shape index (κ2) is 21.0. The summed E-state index contributed by atoms with van der Waals surface area (Å²) in [4.78, 5) is 37.6. The number of rotatable bonds is 14. The molecule has 1 aliphatic carbocycles. The van der Waals surface area contributed by atoms with Crippen LogP contribution in [-0.4, -0.2) is 74.1 Å². The number of nitrogens with one attached hydrogen (secondary N) is 1. The first kappa shape index (κ1) is 38.3. The number of likely N-dealkylation sites (tertiary alicyclic amines) is 1. The first-order chi connectivity index (χ1) is 20.9. The Labute approximate surface area is 289 Å². The van der Waals surface area contributed by atoms with Gasteiger partial charge in [-0.15, -0.1) is 0 Å². The Morgan fingerprint density at radius 3 is 2.48 bits per heavy atom. The molecule has 0 bridgehead atoms. The quantitative estimate of drug-likeness (QED) is 0.249. The number of benzene rings is 2. The minimum atomic E-state index is -1.29. The molecule has 1 aliphatic heterocycles. The van der Waals surface area contributed by atoms with Crippen molar-refractivity contribution >= 4 is 30.0 Å². The van der Waals surface area contributed by atoms with Crippen LogP contribution in [0.25, 0.3) is 11.1 Å². The maximum Gasteiger partial charge on any atom is 1.00 e. The average Bonchev–Trinajstić information content (AvgIpc) is 3.48. The number of hydrogen-bond donors (Lipinski definition) is 1. The van der Waals surface area contributed by atoms with Gasteiger partial charge >= 0.3 is 29.6 Å². The molecule has 2 unspecified atom stereocenters. The summed E-state index contributed by atoms with van der Waals surface area (Å²) in [5.41, 5.74) is 3.90. The number of ether oxygens (including phenoxy) is 2. The van der Waals surface area contributed by atoms with Crippen molar-refractivity contribution in [3.63, 3.8) is 0 Å². The Bertz CT molecular complexity index is 1170. The Kier molecular flexibility index (Phi) is 18.3. The van der Waals surface area contributed by atoms with Crippen LogP contribution in [0.15, 0.2) is 42.5 Å². The summed E-state index contributed by atoms with van der Waals surface area (Å²) in [7, 11) is 1.80. The van der Waals surface area contributed by atoms with Crippen LogP contribution in [0.2, 0.25) is 0 Å². The van der Waals surface area contributed by atoms with E-state index in [4.69, 9.17) is 9.47 Å². The molecule has 44 heavy (non-hydrogen) atoms. The Morgan fingerprint density at radius 2 is 1.82 bits per heavy atom. The zero-order chi connectivity index (χ0) is 31.0. The van der Waals surface area contributed by atoms with E-state index in [1.54, 1.807) is 18.1 Å². The SMILES string of the molecule is COCC1CCCCC1.CSCCC(NC(=O)c1ccc(COCC2CCCN2C=O)cc1-c1ccccc1C)C(=O)[O-].[Na+]. The fourth-order valence-corrected chi connectivity index (χ4v) is 6.25. The van der Waals surface area contributed by atoms with Crippen LogP contribution < -0.4 is 40.0 Å². The van der Waals surface area contributed by atoms with E-state index < -0.39 is 17.9 Å². The molecule has 8 nitrogen and oxygen atoms in total. The number of hydrogen-bond acceptors (Lipinski definition) is 7. The molecule has 2 aromatic carbocycles. The number of nitrogens with zero attached hydrogens (tertiary/aromatic N) is 1. The number of carbonyl (C=O) groups excluding carboxylic acids is 3. The molecule has 236 valence electrons. The van der Waals surface area contributed by atoms with Crippen LogP contribution in [0.1, 0.15) is 72.9 Å². The fraction of sp³-hybridized carbons (Fsp3) is 0.559. The van der Waals surface area contributed by atoms with Crippen molar-refractivity contribution in [1.29, 1.82) is 0 Å². The summed E-state index contributed by atoms with van der Waals surface area (Å²) in [6, 6.07) is 12.2. The second-order valence-corrected chi connectivity index (χ2v) is 12.4. The van der Waals surface area contributed by atoms with E-state index in [2.05, 4.69) is 5.32 Å². The van der Waals surface area contributed by atoms with Gasteiger partial charge in [0.1, 0.15) is 0 Å². The number of carbonyl (C=O) groups is 3. The topological polar surface area (TPSA) is 108 Å². The van der Waals surface area contributed by atoms with Crippen molar-refractivity contribution in [2.45, 2.75) is 77.0 Å². The summed E-state index contributed by atoms with van der Waals surface area (Å²) in [6.07, 6.45) is 12.1. The molecule has 1 saturated carbocycles. The van der Waals surface area contributed by atoms with E-state index >= 15 is 0 Å². The van der Waals surface area contributed by atoms with Gasteiger partial charge in [0, 0.05) is 25.8 Å². The molecular weight excluding hydrogens is 587 g/mol. The van der Waals surface area contributed by atoms with Crippen LogP contribution in [0.3, 0.4) is 0 Å². The predicted molar refractivity (Wildman–Crippen MR) is 170 cm³/mol. The maximum atomic E-state index is 13.1. The van der Waals surface area contributed by atoms with Gasteiger partial charge < -0.3 is 29.6 Å². The third kappa shape index (κ3) is 12.1. The van der Waals surface area contributed by atoms with Crippen LogP contribution in [0, 0.1) is 12.8 Å². The molecule has 2 aliphatic rings. The molecule has 1 saturated heterocycles.